The maximum atomic E-state index is 5.01. The van der Waals surface area contributed by atoms with Gasteiger partial charge in [0.1, 0.15) is 23.0 Å². The maximum absolute atomic E-state index is 5.01. The van der Waals surface area contributed by atoms with E-state index >= 15 is 0 Å². The number of rotatable bonds is 12. The van der Waals surface area contributed by atoms with Crippen molar-refractivity contribution in [2.75, 3.05) is 10.6 Å². The molecule has 0 bridgehead atoms. The summed E-state index contributed by atoms with van der Waals surface area (Å²) in [5.74, 6) is 1.54. The van der Waals surface area contributed by atoms with E-state index in [9.17, 15) is 0 Å². The van der Waals surface area contributed by atoms with Gasteiger partial charge in [0.2, 0.25) is 0 Å². The fraction of sp³-hybridized carbons (Fsp3) is 0.286. The summed E-state index contributed by atoms with van der Waals surface area (Å²) in [4.78, 5) is 10.3. The highest BCUT2D eigenvalue weighted by Gasteiger charge is 2.25. The molecule has 42 heavy (non-hydrogen) atoms. The van der Waals surface area contributed by atoms with Crippen LogP contribution in [0.25, 0.3) is 16.6 Å². The van der Waals surface area contributed by atoms with Crippen LogP contribution < -0.4 is 10.6 Å². The molecule has 6 nitrogen and oxygen atoms in total. The minimum atomic E-state index is -0.0350. The lowest BCUT2D eigenvalue weighted by atomic mass is 9.85. The van der Waals surface area contributed by atoms with Crippen molar-refractivity contribution in [2.45, 2.75) is 75.6 Å². The van der Waals surface area contributed by atoms with Gasteiger partial charge in [-0.05, 0) is 72.9 Å². The molecule has 0 saturated carbocycles. The fourth-order valence-electron chi connectivity index (χ4n) is 5.34. The van der Waals surface area contributed by atoms with Crippen LogP contribution >= 0.6 is 11.8 Å². The van der Waals surface area contributed by atoms with Gasteiger partial charge >= 0.3 is 0 Å². The Morgan fingerprint density at radius 1 is 0.881 bits per heavy atom. The molecule has 0 atom stereocenters. The number of fused-ring (bicyclic) bond motifs is 1. The summed E-state index contributed by atoms with van der Waals surface area (Å²) in [6, 6.07) is 25.1. The van der Waals surface area contributed by atoms with Crippen molar-refractivity contribution >= 4 is 34.2 Å². The van der Waals surface area contributed by atoms with Gasteiger partial charge in [-0.3, -0.25) is 0 Å². The number of hydrogen-bond acceptors (Lipinski definition) is 6. The second-order valence-electron chi connectivity index (χ2n) is 11.2. The van der Waals surface area contributed by atoms with Crippen LogP contribution in [0.4, 0.5) is 11.5 Å². The fourth-order valence-corrected chi connectivity index (χ4v) is 6.27. The van der Waals surface area contributed by atoms with Crippen LogP contribution in [0.15, 0.2) is 101 Å². The number of aryl methyl sites for hydroxylation is 2. The highest BCUT2D eigenvalue weighted by atomic mass is 32.2. The molecule has 216 valence electrons. The van der Waals surface area contributed by atoms with Crippen molar-refractivity contribution in [3.8, 4) is 5.69 Å². The summed E-state index contributed by atoms with van der Waals surface area (Å²) in [5, 5.41) is 14.0. The molecule has 5 aromatic rings. The Bertz CT molecular complexity index is 1690. The summed E-state index contributed by atoms with van der Waals surface area (Å²) < 4.78 is 1.96. The van der Waals surface area contributed by atoms with Gasteiger partial charge in [0.05, 0.1) is 16.9 Å². The molecular weight excluding hydrogens is 536 g/mol. The number of benzene rings is 3. The Morgan fingerprint density at radius 3 is 2.38 bits per heavy atom. The normalized spacial score (nSPS) is 11.5. The SMILES string of the molecule is C=C(Nc1cccc(Sc2ncnc3cc(CC)c(CC)cc23)c1)Nc1cc(C(C)(C)CCC)nn1-c1ccccc1. The summed E-state index contributed by atoms with van der Waals surface area (Å²) in [6.45, 7) is 15.4. The molecule has 0 radical (unpaired) electrons. The molecular formula is C35H40N6S. The van der Waals surface area contributed by atoms with Gasteiger partial charge in [-0.15, -0.1) is 0 Å². The predicted molar refractivity (Wildman–Crippen MR) is 177 cm³/mol. The number of nitrogens with one attached hydrogen (secondary N) is 2. The minimum absolute atomic E-state index is 0.0350. The Kier molecular flexibility index (Phi) is 8.97. The third-order valence-electron chi connectivity index (χ3n) is 7.58. The molecule has 5 rings (SSSR count). The first-order chi connectivity index (χ1) is 20.3. The zero-order valence-electron chi connectivity index (χ0n) is 25.2. The number of nitrogens with zero attached hydrogens (tertiary/aromatic N) is 4. The maximum Gasteiger partial charge on any atom is 0.135 e. The van der Waals surface area contributed by atoms with Crippen LogP contribution in [0.5, 0.6) is 0 Å². The van der Waals surface area contributed by atoms with Crippen molar-refractivity contribution in [3.63, 3.8) is 0 Å². The first-order valence-corrected chi connectivity index (χ1v) is 15.6. The highest BCUT2D eigenvalue weighted by Crippen LogP contribution is 2.34. The first-order valence-electron chi connectivity index (χ1n) is 14.7. The summed E-state index contributed by atoms with van der Waals surface area (Å²) in [7, 11) is 0. The summed E-state index contributed by atoms with van der Waals surface area (Å²) >= 11 is 1.65. The van der Waals surface area contributed by atoms with Crippen LogP contribution in [0.3, 0.4) is 0 Å². The van der Waals surface area contributed by atoms with Gasteiger partial charge in [-0.25, -0.2) is 14.6 Å². The van der Waals surface area contributed by atoms with Crippen molar-refractivity contribution in [2.24, 2.45) is 0 Å². The van der Waals surface area contributed by atoms with E-state index < -0.39 is 0 Å². The van der Waals surface area contributed by atoms with E-state index in [1.807, 2.05) is 35.0 Å². The van der Waals surface area contributed by atoms with Gasteiger partial charge in [-0.2, -0.15) is 5.10 Å². The number of aromatic nitrogens is 4. The van der Waals surface area contributed by atoms with Gasteiger partial charge in [0.15, 0.2) is 0 Å². The Labute approximate surface area is 253 Å². The predicted octanol–water partition coefficient (Wildman–Crippen LogP) is 9.16. The lowest BCUT2D eigenvalue weighted by Crippen LogP contribution is -2.17. The van der Waals surface area contributed by atoms with Crippen LogP contribution in [0, 0.1) is 0 Å². The van der Waals surface area contributed by atoms with E-state index in [0.717, 1.165) is 69.4 Å². The van der Waals surface area contributed by atoms with E-state index in [2.05, 4.69) is 104 Å². The molecule has 2 heterocycles. The first kappa shape index (κ1) is 29.4. The molecule has 3 aromatic carbocycles. The molecule has 0 aliphatic heterocycles. The number of para-hydroxylation sites is 1. The molecule has 0 spiro atoms. The minimum Gasteiger partial charge on any atom is -0.342 e. The lowest BCUT2D eigenvalue weighted by Gasteiger charge is -2.21. The van der Waals surface area contributed by atoms with Crippen LogP contribution in [0.1, 0.15) is 64.3 Å². The Hall–Kier alpha value is -4.10. The van der Waals surface area contributed by atoms with E-state index in [1.165, 1.54) is 11.1 Å². The Morgan fingerprint density at radius 2 is 1.64 bits per heavy atom. The number of hydrogen-bond donors (Lipinski definition) is 2. The van der Waals surface area contributed by atoms with E-state index in [-0.39, 0.29) is 5.41 Å². The molecule has 2 aromatic heterocycles. The zero-order chi connectivity index (χ0) is 29.7. The highest BCUT2D eigenvalue weighted by molar-refractivity contribution is 7.99. The largest absolute Gasteiger partial charge is 0.342 e. The zero-order valence-corrected chi connectivity index (χ0v) is 26.1. The smallest absolute Gasteiger partial charge is 0.135 e. The van der Waals surface area contributed by atoms with Crippen LogP contribution in [-0.2, 0) is 18.3 Å². The molecule has 2 N–H and O–H groups in total. The van der Waals surface area contributed by atoms with Crippen LogP contribution in [0.2, 0.25) is 0 Å². The Balaban J connectivity index is 1.37. The average molecular weight is 577 g/mol. The quantitative estimate of drug-likeness (QED) is 0.144. The molecule has 0 aliphatic rings. The second kappa shape index (κ2) is 12.8. The van der Waals surface area contributed by atoms with E-state index in [1.54, 1.807) is 18.1 Å². The van der Waals surface area contributed by atoms with Crippen molar-refractivity contribution in [1.82, 2.24) is 19.7 Å². The number of anilines is 2. The van der Waals surface area contributed by atoms with E-state index in [4.69, 9.17) is 5.10 Å². The second-order valence-corrected chi connectivity index (χ2v) is 12.2. The molecule has 0 saturated heterocycles. The topological polar surface area (TPSA) is 67.7 Å². The lowest BCUT2D eigenvalue weighted by molar-refractivity contribution is 0.456. The molecule has 0 fully saturated rings. The van der Waals surface area contributed by atoms with E-state index in [0.29, 0.717) is 5.82 Å². The van der Waals surface area contributed by atoms with Crippen molar-refractivity contribution in [3.05, 3.63) is 108 Å². The molecule has 0 amide bonds. The van der Waals surface area contributed by atoms with Gasteiger partial charge < -0.3 is 10.6 Å². The van der Waals surface area contributed by atoms with Gasteiger partial charge in [0, 0.05) is 27.5 Å². The standard InChI is InChI=1S/C35H40N6S/c1-7-18-35(5,6)32-22-33(41(40-32)28-15-11-10-12-16-28)39-24(4)38-27-14-13-17-29(21-27)42-34-30-19-25(8-2)26(9-3)20-31(30)36-23-37-34/h10-17,19-23,38-39H,4,7-9,18H2,1-3,5-6H3. The third kappa shape index (κ3) is 6.52. The van der Waals surface area contributed by atoms with Crippen molar-refractivity contribution < 1.29 is 0 Å². The summed E-state index contributed by atoms with van der Waals surface area (Å²) in [6.07, 6.45) is 5.81. The summed E-state index contributed by atoms with van der Waals surface area (Å²) in [5.41, 5.74) is 6.66. The molecule has 0 aliphatic carbocycles. The molecule has 7 heteroatoms. The third-order valence-corrected chi connectivity index (χ3v) is 8.59. The monoisotopic (exact) mass is 576 g/mol. The van der Waals surface area contributed by atoms with Crippen LogP contribution in [-0.4, -0.2) is 19.7 Å². The van der Waals surface area contributed by atoms with Gasteiger partial charge in [0.25, 0.3) is 0 Å². The molecule has 0 unspecified atom stereocenters. The average Bonchev–Trinajstić information content (AvgIpc) is 3.42. The van der Waals surface area contributed by atoms with Gasteiger partial charge in [-0.1, -0.05) is 83.6 Å². The van der Waals surface area contributed by atoms with Crippen molar-refractivity contribution in [1.29, 1.82) is 0 Å².